The third kappa shape index (κ3) is 4.57. The fraction of sp³-hybridized carbons (Fsp3) is 0.375. The van der Waals surface area contributed by atoms with Crippen LogP contribution in [0, 0.1) is 11.3 Å². The number of nitrogens with one attached hydrogen (secondary N) is 1. The molecule has 2 rings (SSSR count). The van der Waals surface area contributed by atoms with E-state index in [2.05, 4.69) is 5.32 Å². The minimum absolute atomic E-state index is 0.0353. The van der Waals surface area contributed by atoms with Gasteiger partial charge in [0.25, 0.3) is 5.91 Å². The molecular weight excluding hydrogens is 314 g/mol. The summed E-state index contributed by atoms with van der Waals surface area (Å²) in [7, 11) is 0.783. The second kappa shape index (κ2) is 6.84. The molecule has 6 nitrogen and oxygen atoms in total. The lowest BCUT2D eigenvalue weighted by atomic mass is 10.1. The van der Waals surface area contributed by atoms with Gasteiger partial charge in [0.1, 0.15) is 11.6 Å². The Morgan fingerprint density at radius 2 is 2.00 bits per heavy atom. The Morgan fingerprint density at radius 1 is 1.35 bits per heavy atom. The van der Waals surface area contributed by atoms with Crippen molar-refractivity contribution in [1.29, 1.82) is 5.26 Å². The molecule has 0 aromatic heterocycles. The van der Waals surface area contributed by atoms with E-state index in [1.165, 1.54) is 6.08 Å². The second-order valence-electron chi connectivity index (χ2n) is 5.73. The molecule has 0 radical (unpaired) electrons. The van der Waals surface area contributed by atoms with Crippen molar-refractivity contribution in [1.82, 2.24) is 5.32 Å². The van der Waals surface area contributed by atoms with Crippen LogP contribution in [0.5, 0.6) is 0 Å². The summed E-state index contributed by atoms with van der Waals surface area (Å²) in [5, 5.41) is 11.8. The lowest BCUT2D eigenvalue weighted by molar-refractivity contribution is -0.117. The van der Waals surface area contributed by atoms with E-state index in [1.807, 2.05) is 49.3 Å². The SMILES string of the molecule is CN(C)c1ccc(/C=C(\C#N)C(=O)N[C@H]2CCS(=O)(=O)C2)cc1. The van der Waals surface area contributed by atoms with E-state index in [0.717, 1.165) is 11.3 Å². The van der Waals surface area contributed by atoms with Crippen LogP contribution in [0.4, 0.5) is 5.69 Å². The first kappa shape index (κ1) is 17.0. The maximum atomic E-state index is 12.1. The Balaban J connectivity index is 2.09. The van der Waals surface area contributed by atoms with Crippen molar-refractivity contribution in [2.75, 3.05) is 30.5 Å². The molecule has 1 aliphatic heterocycles. The number of nitrogens with zero attached hydrogens (tertiary/aromatic N) is 2. The number of anilines is 1. The molecule has 23 heavy (non-hydrogen) atoms. The van der Waals surface area contributed by atoms with Gasteiger partial charge in [-0.2, -0.15) is 5.26 Å². The molecule has 1 aromatic carbocycles. The molecule has 1 N–H and O–H groups in total. The zero-order chi connectivity index (χ0) is 17.0. The molecule has 122 valence electrons. The molecule has 0 unspecified atom stereocenters. The lowest BCUT2D eigenvalue weighted by Gasteiger charge is -2.12. The normalized spacial score (nSPS) is 19.9. The Kier molecular flexibility index (Phi) is 5.06. The van der Waals surface area contributed by atoms with Gasteiger partial charge in [0, 0.05) is 25.8 Å². The highest BCUT2D eigenvalue weighted by atomic mass is 32.2. The van der Waals surface area contributed by atoms with Crippen LogP contribution in [0.25, 0.3) is 6.08 Å². The van der Waals surface area contributed by atoms with Crippen LogP contribution in [-0.2, 0) is 14.6 Å². The van der Waals surface area contributed by atoms with E-state index in [9.17, 15) is 18.5 Å². The average molecular weight is 333 g/mol. The molecule has 1 aromatic rings. The third-order valence-corrected chi connectivity index (χ3v) is 5.42. The summed E-state index contributed by atoms with van der Waals surface area (Å²) >= 11 is 0. The summed E-state index contributed by atoms with van der Waals surface area (Å²) < 4.78 is 22.8. The molecule has 0 bridgehead atoms. The number of rotatable bonds is 4. The van der Waals surface area contributed by atoms with Gasteiger partial charge in [-0.25, -0.2) is 8.42 Å². The standard InChI is InChI=1S/C16H19N3O3S/c1-19(2)15-5-3-12(4-6-15)9-13(10-17)16(20)18-14-7-8-23(21,22)11-14/h3-6,9,14H,7-8,11H2,1-2H3,(H,18,20)/b13-9+/t14-/m0/s1. The predicted molar refractivity (Wildman–Crippen MR) is 89.6 cm³/mol. The van der Waals surface area contributed by atoms with E-state index in [-0.39, 0.29) is 17.1 Å². The first-order chi connectivity index (χ1) is 10.8. The van der Waals surface area contributed by atoms with Crippen LogP contribution in [-0.4, -0.2) is 46.0 Å². The largest absolute Gasteiger partial charge is 0.378 e. The van der Waals surface area contributed by atoms with Gasteiger partial charge in [-0.05, 0) is 30.2 Å². The van der Waals surface area contributed by atoms with Crippen LogP contribution in [0.15, 0.2) is 29.8 Å². The quantitative estimate of drug-likeness (QED) is 0.655. The van der Waals surface area contributed by atoms with E-state index >= 15 is 0 Å². The molecule has 1 amide bonds. The molecule has 1 aliphatic rings. The highest BCUT2D eigenvalue weighted by Gasteiger charge is 2.29. The van der Waals surface area contributed by atoms with Gasteiger partial charge in [-0.15, -0.1) is 0 Å². The van der Waals surface area contributed by atoms with E-state index in [4.69, 9.17) is 0 Å². The predicted octanol–water partition coefficient (Wildman–Crippen LogP) is 0.963. The molecule has 0 aliphatic carbocycles. The molecular formula is C16H19N3O3S. The zero-order valence-corrected chi connectivity index (χ0v) is 13.9. The van der Waals surface area contributed by atoms with Gasteiger partial charge >= 0.3 is 0 Å². The highest BCUT2D eigenvalue weighted by molar-refractivity contribution is 7.91. The Hall–Kier alpha value is -2.33. The number of benzene rings is 1. The van der Waals surface area contributed by atoms with Crippen molar-refractivity contribution in [2.45, 2.75) is 12.5 Å². The number of hydrogen-bond donors (Lipinski definition) is 1. The number of carbonyl (C=O) groups is 1. The molecule has 0 spiro atoms. The minimum atomic E-state index is -3.07. The Bertz CT molecular complexity index is 759. The zero-order valence-electron chi connectivity index (χ0n) is 13.1. The molecule has 0 saturated carbocycles. The van der Waals surface area contributed by atoms with Crippen molar-refractivity contribution in [2.24, 2.45) is 0 Å². The van der Waals surface area contributed by atoms with Gasteiger partial charge in [-0.3, -0.25) is 4.79 Å². The third-order valence-electron chi connectivity index (χ3n) is 3.65. The summed E-state index contributed by atoms with van der Waals surface area (Å²) in [5.74, 6) is -0.517. The van der Waals surface area contributed by atoms with Crippen LogP contribution in [0.1, 0.15) is 12.0 Å². The van der Waals surface area contributed by atoms with Gasteiger partial charge in [-0.1, -0.05) is 12.1 Å². The van der Waals surface area contributed by atoms with E-state index < -0.39 is 21.8 Å². The average Bonchev–Trinajstić information content (AvgIpc) is 2.83. The van der Waals surface area contributed by atoms with E-state index in [1.54, 1.807) is 0 Å². The molecule has 1 fully saturated rings. The second-order valence-corrected chi connectivity index (χ2v) is 7.96. The lowest BCUT2D eigenvalue weighted by Crippen LogP contribution is -2.36. The summed E-state index contributed by atoms with van der Waals surface area (Å²) in [4.78, 5) is 14.1. The van der Waals surface area contributed by atoms with Crippen LogP contribution in [0.2, 0.25) is 0 Å². The summed E-state index contributed by atoms with van der Waals surface area (Å²) in [6.45, 7) is 0. The molecule has 1 saturated heterocycles. The summed E-state index contributed by atoms with van der Waals surface area (Å²) in [6.07, 6.45) is 1.89. The van der Waals surface area contributed by atoms with Crippen LogP contribution < -0.4 is 10.2 Å². The van der Waals surface area contributed by atoms with Crippen molar-refractivity contribution < 1.29 is 13.2 Å². The van der Waals surface area contributed by atoms with Crippen molar-refractivity contribution in [3.63, 3.8) is 0 Å². The summed E-state index contributed by atoms with van der Waals surface area (Å²) in [5.41, 5.74) is 1.72. The maximum absolute atomic E-state index is 12.1. The number of sulfone groups is 1. The van der Waals surface area contributed by atoms with Crippen molar-refractivity contribution in [3.8, 4) is 6.07 Å². The molecule has 1 heterocycles. The first-order valence-electron chi connectivity index (χ1n) is 7.21. The smallest absolute Gasteiger partial charge is 0.262 e. The van der Waals surface area contributed by atoms with Crippen molar-refractivity contribution in [3.05, 3.63) is 35.4 Å². The topological polar surface area (TPSA) is 90.3 Å². The van der Waals surface area contributed by atoms with E-state index in [0.29, 0.717) is 6.42 Å². The van der Waals surface area contributed by atoms with Gasteiger partial charge in [0.2, 0.25) is 0 Å². The minimum Gasteiger partial charge on any atom is -0.378 e. The number of hydrogen-bond acceptors (Lipinski definition) is 5. The van der Waals surface area contributed by atoms with Crippen LogP contribution in [0.3, 0.4) is 0 Å². The van der Waals surface area contributed by atoms with Gasteiger partial charge in [0.15, 0.2) is 9.84 Å². The monoisotopic (exact) mass is 333 g/mol. The Morgan fingerprint density at radius 3 is 2.48 bits per heavy atom. The fourth-order valence-corrected chi connectivity index (χ4v) is 4.03. The summed E-state index contributed by atoms with van der Waals surface area (Å²) in [6, 6.07) is 8.88. The molecule has 7 heteroatoms. The van der Waals surface area contributed by atoms with Crippen LogP contribution >= 0.6 is 0 Å². The van der Waals surface area contributed by atoms with Gasteiger partial charge in [0.05, 0.1) is 11.5 Å². The maximum Gasteiger partial charge on any atom is 0.262 e. The first-order valence-corrected chi connectivity index (χ1v) is 9.03. The number of nitriles is 1. The fourth-order valence-electron chi connectivity index (χ4n) is 2.36. The number of carbonyl (C=O) groups excluding carboxylic acids is 1. The van der Waals surface area contributed by atoms with Gasteiger partial charge < -0.3 is 10.2 Å². The number of amides is 1. The Labute approximate surface area is 136 Å². The highest BCUT2D eigenvalue weighted by Crippen LogP contribution is 2.16. The molecule has 1 atom stereocenters. The van der Waals surface area contributed by atoms with Crippen molar-refractivity contribution >= 4 is 27.5 Å².